The van der Waals surface area contributed by atoms with Crippen LogP contribution in [0.4, 0.5) is 16.3 Å². The summed E-state index contributed by atoms with van der Waals surface area (Å²) in [4.78, 5) is 34.9. The van der Waals surface area contributed by atoms with Crippen molar-refractivity contribution in [3.05, 3.63) is 33.6 Å². The Labute approximate surface area is 161 Å². The molecule has 0 unspecified atom stereocenters. The van der Waals surface area contributed by atoms with Gasteiger partial charge in [0.1, 0.15) is 22.8 Å². The van der Waals surface area contributed by atoms with E-state index in [1.165, 1.54) is 18.5 Å². The number of benzene rings is 1. The molecule has 10 heteroatoms. The lowest BCUT2D eigenvalue weighted by molar-refractivity contribution is -0.384. The molecular weight excluding hydrogens is 374 g/mol. The topological polar surface area (TPSA) is 102 Å². The van der Waals surface area contributed by atoms with Crippen LogP contribution in [0.5, 0.6) is 0 Å². The second-order valence-electron chi connectivity index (χ2n) is 7.23. The van der Waals surface area contributed by atoms with Gasteiger partial charge in [0.2, 0.25) is 0 Å². The quantitative estimate of drug-likeness (QED) is 0.570. The highest BCUT2D eigenvalue weighted by Gasteiger charge is 2.27. The highest BCUT2D eigenvalue weighted by Crippen LogP contribution is 2.33. The first kappa shape index (κ1) is 19.1. The summed E-state index contributed by atoms with van der Waals surface area (Å²) in [6.07, 6.45) is 1.05. The maximum atomic E-state index is 12.2. The molecule has 0 N–H and O–H groups in total. The zero-order valence-corrected chi connectivity index (χ0v) is 16.1. The number of rotatable bonds is 2. The van der Waals surface area contributed by atoms with Crippen LogP contribution < -0.4 is 4.90 Å². The maximum Gasteiger partial charge on any atom is 0.410 e. The molecule has 1 aliphatic rings. The van der Waals surface area contributed by atoms with Gasteiger partial charge in [-0.25, -0.2) is 14.8 Å². The molecule has 0 atom stereocenters. The Kier molecular flexibility index (Phi) is 5.05. The van der Waals surface area contributed by atoms with Gasteiger partial charge in [-0.2, -0.15) is 0 Å². The minimum Gasteiger partial charge on any atom is -0.444 e. The fourth-order valence-corrected chi connectivity index (χ4v) is 3.10. The van der Waals surface area contributed by atoms with E-state index in [2.05, 4.69) is 9.97 Å². The van der Waals surface area contributed by atoms with Crippen LogP contribution in [0.3, 0.4) is 0 Å². The number of hydrogen-bond donors (Lipinski definition) is 0. The van der Waals surface area contributed by atoms with E-state index in [1.807, 2.05) is 25.7 Å². The van der Waals surface area contributed by atoms with Gasteiger partial charge < -0.3 is 14.5 Å². The Morgan fingerprint density at radius 1 is 1.22 bits per heavy atom. The van der Waals surface area contributed by atoms with Crippen LogP contribution >= 0.6 is 11.6 Å². The van der Waals surface area contributed by atoms with Gasteiger partial charge in [-0.05, 0) is 26.8 Å². The number of aromatic nitrogens is 2. The second kappa shape index (κ2) is 7.15. The molecule has 1 aromatic heterocycles. The molecule has 2 aromatic rings. The lowest BCUT2D eigenvalue weighted by atomic mass is 10.2. The summed E-state index contributed by atoms with van der Waals surface area (Å²) < 4.78 is 5.40. The predicted molar refractivity (Wildman–Crippen MR) is 101 cm³/mol. The number of nitro benzene ring substituents is 1. The molecule has 2 heterocycles. The minimum atomic E-state index is -0.546. The molecule has 3 rings (SSSR count). The van der Waals surface area contributed by atoms with E-state index in [9.17, 15) is 14.9 Å². The second-order valence-corrected chi connectivity index (χ2v) is 7.64. The number of anilines is 1. The van der Waals surface area contributed by atoms with Crippen molar-refractivity contribution in [3.8, 4) is 0 Å². The van der Waals surface area contributed by atoms with Gasteiger partial charge >= 0.3 is 6.09 Å². The number of fused-ring (bicyclic) bond motifs is 1. The first-order valence-electron chi connectivity index (χ1n) is 8.47. The summed E-state index contributed by atoms with van der Waals surface area (Å²) in [6.45, 7) is 7.47. The maximum absolute atomic E-state index is 12.2. The van der Waals surface area contributed by atoms with Crippen molar-refractivity contribution in [1.29, 1.82) is 0 Å². The number of halogens is 1. The normalized spacial score (nSPS) is 15.1. The first-order valence-corrected chi connectivity index (χ1v) is 8.85. The number of piperazine rings is 1. The van der Waals surface area contributed by atoms with Gasteiger partial charge in [0.15, 0.2) is 0 Å². The van der Waals surface area contributed by atoms with Gasteiger partial charge in [0, 0.05) is 37.6 Å². The number of carbonyl (C=O) groups is 1. The van der Waals surface area contributed by atoms with Gasteiger partial charge in [-0.15, -0.1) is 0 Å². The van der Waals surface area contributed by atoms with E-state index >= 15 is 0 Å². The molecule has 9 nitrogen and oxygen atoms in total. The summed E-state index contributed by atoms with van der Waals surface area (Å²) in [6, 6.07) is 2.87. The van der Waals surface area contributed by atoms with Crippen molar-refractivity contribution < 1.29 is 14.5 Å². The van der Waals surface area contributed by atoms with Crippen molar-refractivity contribution in [3.63, 3.8) is 0 Å². The van der Waals surface area contributed by atoms with Crippen molar-refractivity contribution in [2.24, 2.45) is 0 Å². The molecule has 0 aliphatic carbocycles. The number of nitro groups is 1. The van der Waals surface area contributed by atoms with Crippen LogP contribution in [-0.2, 0) is 4.74 Å². The van der Waals surface area contributed by atoms with Crippen LogP contribution in [0.15, 0.2) is 18.5 Å². The van der Waals surface area contributed by atoms with E-state index < -0.39 is 10.5 Å². The molecular formula is C17H20ClN5O4. The Morgan fingerprint density at radius 2 is 1.89 bits per heavy atom. The van der Waals surface area contributed by atoms with E-state index in [1.54, 1.807) is 4.90 Å². The number of carbonyl (C=O) groups excluding carboxylic acids is 1. The van der Waals surface area contributed by atoms with Crippen molar-refractivity contribution in [2.45, 2.75) is 26.4 Å². The van der Waals surface area contributed by atoms with E-state index in [4.69, 9.17) is 16.3 Å². The van der Waals surface area contributed by atoms with Crippen LogP contribution in [0.1, 0.15) is 20.8 Å². The Hall–Kier alpha value is -2.68. The highest BCUT2D eigenvalue weighted by molar-refractivity contribution is 6.33. The van der Waals surface area contributed by atoms with E-state index in [-0.39, 0.29) is 16.8 Å². The number of amides is 1. The molecule has 1 aliphatic heterocycles. The third-order valence-electron chi connectivity index (χ3n) is 4.11. The molecule has 1 fully saturated rings. The number of nitrogens with zero attached hydrogens (tertiary/aromatic N) is 5. The third-order valence-corrected chi connectivity index (χ3v) is 4.41. The fourth-order valence-electron chi connectivity index (χ4n) is 2.87. The van der Waals surface area contributed by atoms with Crippen LogP contribution in [0.25, 0.3) is 10.9 Å². The molecule has 0 bridgehead atoms. The Balaban J connectivity index is 1.82. The molecule has 144 valence electrons. The molecule has 0 radical (unpaired) electrons. The Morgan fingerprint density at radius 3 is 2.48 bits per heavy atom. The molecule has 0 spiro atoms. The van der Waals surface area contributed by atoms with Gasteiger partial charge in [0.05, 0.1) is 10.4 Å². The summed E-state index contributed by atoms with van der Waals surface area (Å²) in [5, 5.41) is 11.8. The smallest absolute Gasteiger partial charge is 0.410 e. The molecule has 1 saturated heterocycles. The summed E-state index contributed by atoms with van der Waals surface area (Å²) in [5.74, 6) is 0.587. The highest BCUT2D eigenvalue weighted by atomic mass is 35.5. The molecule has 1 aromatic carbocycles. The van der Waals surface area contributed by atoms with Gasteiger partial charge in [-0.3, -0.25) is 10.1 Å². The lowest BCUT2D eigenvalue weighted by Crippen LogP contribution is -2.50. The van der Waals surface area contributed by atoms with E-state index in [0.717, 1.165) is 0 Å². The van der Waals surface area contributed by atoms with Gasteiger partial charge in [0.25, 0.3) is 5.69 Å². The zero-order chi connectivity index (χ0) is 19.8. The summed E-state index contributed by atoms with van der Waals surface area (Å²) in [5.41, 5.74) is -0.201. The van der Waals surface area contributed by atoms with E-state index in [0.29, 0.717) is 42.9 Å². The Bertz CT molecular complexity index is 891. The standard InChI is InChI=1S/C17H20ClN5O4/c1-17(2,3)27-16(24)22-6-4-21(5-7-22)15-11-8-14(23(25)26)12(18)9-13(11)19-10-20-15/h8-10H,4-7H2,1-3H3. The summed E-state index contributed by atoms with van der Waals surface area (Å²) >= 11 is 5.97. The monoisotopic (exact) mass is 393 g/mol. The average Bonchev–Trinajstić information content (AvgIpc) is 2.59. The zero-order valence-electron chi connectivity index (χ0n) is 15.3. The SMILES string of the molecule is CC(C)(C)OC(=O)N1CCN(c2ncnc3cc(Cl)c([N+](=O)[O-])cc23)CC1. The van der Waals surface area contributed by atoms with Crippen molar-refractivity contribution in [1.82, 2.24) is 14.9 Å². The number of hydrogen-bond acceptors (Lipinski definition) is 7. The van der Waals surface area contributed by atoms with Crippen LogP contribution in [-0.4, -0.2) is 57.7 Å². The largest absolute Gasteiger partial charge is 0.444 e. The minimum absolute atomic E-state index is 0.0342. The first-order chi connectivity index (χ1) is 12.7. The van der Waals surface area contributed by atoms with Crippen molar-refractivity contribution in [2.75, 3.05) is 31.1 Å². The average molecular weight is 394 g/mol. The molecule has 27 heavy (non-hydrogen) atoms. The lowest BCUT2D eigenvalue weighted by Gasteiger charge is -2.36. The molecule has 0 saturated carbocycles. The van der Waals surface area contributed by atoms with Crippen LogP contribution in [0.2, 0.25) is 5.02 Å². The van der Waals surface area contributed by atoms with Gasteiger partial charge in [-0.1, -0.05) is 11.6 Å². The molecule has 1 amide bonds. The van der Waals surface area contributed by atoms with Crippen molar-refractivity contribution >= 4 is 40.1 Å². The summed E-state index contributed by atoms with van der Waals surface area (Å²) in [7, 11) is 0. The fraction of sp³-hybridized carbons (Fsp3) is 0.471. The third kappa shape index (κ3) is 4.19. The van der Waals surface area contributed by atoms with Crippen LogP contribution in [0, 0.1) is 10.1 Å². The predicted octanol–water partition coefficient (Wildman–Crippen LogP) is 3.25. The number of ether oxygens (including phenoxy) is 1.